The topological polar surface area (TPSA) is 114 Å². The van der Waals surface area contributed by atoms with Gasteiger partial charge in [0.25, 0.3) is 0 Å². The van der Waals surface area contributed by atoms with Gasteiger partial charge in [-0.1, -0.05) is 18.2 Å². The van der Waals surface area contributed by atoms with Crippen molar-refractivity contribution in [2.45, 2.75) is 17.7 Å². The number of amides is 2. The Kier molecular flexibility index (Phi) is 8.32. The SMILES string of the molecule is O=C(CCC(=O)Nc1ccc(S(=O)(=O)N2CCOCC2)cc1)Nc1ccc(Oc2ccccc2)cc1. The first-order valence-corrected chi connectivity index (χ1v) is 12.9. The van der Waals surface area contributed by atoms with Crippen LogP contribution in [0.4, 0.5) is 11.4 Å². The van der Waals surface area contributed by atoms with Crippen LogP contribution >= 0.6 is 0 Å². The summed E-state index contributed by atoms with van der Waals surface area (Å²) < 4.78 is 37.7. The van der Waals surface area contributed by atoms with Crippen LogP contribution in [-0.2, 0) is 24.3 Å². The van der Waals surface area contributed by atoms with Gasteiger partial charge in [0.05, 0.1) is 18.1 Å². The molecule has 0 atom stereocenters. The van der Waals surface area contributed by atoms with Crippen molar-refractivity contribution in [3.05, 3.63) is 78.9 Å². The highest BCUT2D eigenvalue weighted by Gasteiger charge is 2.26. The van der Waals surface area contributed by atoms with E-state index < -0.39 is 10.0 Å². The summed E-state index contributed by atoms with van der Waals surface area (Å²) in [5, 5.41) is 5.44. The maximum atomic E-state index is 12.7. The van der Waals surface area contributed by atoms with Gasteiger partial charge in [-0.3, -0.25) is 9.59 Å². The predicted molar refractivity (Wildman–Crippen MR) is 135 cm³/mol. The highest BCUT2D eigenvalue weighted by Crippen LogP contribution is 2.23. The van der Waals surface area contributed by atoms with Crippen LogP contribution in [0.5, 0.6) is 11.5 Å². The van der Waals surface area contributed by atoms with Gasteiger partial charge in [0.1, 0.15) is 11.5 Å². The van der Waals surface area contributed by atoms with Crippen molar-refractivity contribution in [2.24, 2.45) is 0 Å². The number of morpholine rings is 1. The van der Waals surface area contributed by atoms with Gasteiger partial charge in [-0.25, -0.2) is 8.42 Å². The number of sulfonamides is 1. The minimum Gasteiger partial charge on any atom is -0.457 e. The van der Waals surface area contributed by atoms with Crippen LogP contribution in [-0.4, -0.2) is 50.8 Å². The molecule has 1 aliphatic heterocycles. The molecule has 0 spiro atoms. The molecule has 0 saturated carbocycles. The number of para-hydroxylation sites is 1. The lowest BCUT2D eigenvalue weighted by Crippen LogP contribution is -2.40. The Morgan fingerprint density at radius 1 is 0.750 bits per heavy atom. The van der Waals surface area contributed by atoms with Crippen LogP contribution in [0.25, 0.3) is 0 Å². The first-order chi connectivity index (χ1) is 17.4. The third kappa shape index (κ3) is 6.91. The fourth-order valence-electron chi connectivity index (χ4n) is 3.55. The fourth-order valence-corrected chi connectivity index (χ4v) is 4.96. The van der Waals surface area contributed by atoms with Crippen molar-refractivity contribution >= 4 is 33.2 Å². The van der Waals surface area contributed by atoms with Crippen molar-refractivity contribution in [3.8, 4) is 11.5 Å². The molecule has 0 aliphatic carbocycles. The Labute approximate surface area is 210 Å². The summed E-state index contributed by atoms with van der Waals surface area (Å²) in [7, 11) is -3.60. The van der Waals surface area contributed by atoms with Crippen molar-refractivity contribution in [2.75, 3.05) is 36.9 Å². The number of nitrogens with one attached hydrogen (secondary N) is 2. The molecule has 0 unspecified atom stereocenters. The van der Waals surface area contributed by atoms with Crippen molar-refractivity contribution in [3.63, 3.8) is 0 Å². The second-order valence-corrected chi connectivity index (χ2v) is 10.0. The molecule has 3 aromatic rings. The number of rotatable bonds is 9. The van der Waals surface area contributed by atoms with Gasteiger partial charge in [-0.15, -0.1) is 0 Å². The molecular weight excluding hydrogens is 482 g/mol. The van der Waals surface area contributed by atoms with Gasteiger partial charge in [0.2, 0.25) is 21.8 Å². The van der Waals surface area contributed by atoms with Gasteiger partial charge in [0.15, 0.2) is 0 Å². The number of benzene rings is 3. The molecule has 36 heavy (non-hydrogen) atoms. The average molecular weight is 510 g/mol. The standard InChI is InChI=1S/C26H27N3O6S/c30-25(27-20-6-10-23(11-7-20)35-22-4-2-1-3-5-22)14-15-26(31)28-21-8-12-24(13-9-21)36(32,33)29-16-18-34-19-17-29/h1-13H,14-19H2,(H,27,30)(H,28,31). The summed E-state index contributed by atoms with van der Waals surface area (Å²) >= 11 is 0. The summed E-state index contributed by atoms with van der Waals surface area (Å²) in [4.78, 5) is 24.7. The molecule has 3 aromatic carbocycles. The van der Waals surface area contributed by atoms with Crippen LogP contribution in [0.1, 0.15) is 12.8 Å². The number of anilines is 2. The minimum absolute atomic E-state index is 0.00239. The third-order valence-corrected chi connectivity index (χ3v) is 7.35. The molecule has 0 bridgehead atoms. The molecule has 1 aliphatic rings. The molecule has 1 fully saturated rings. The lowest BCUT2D eigenvalue weighted by molar-refractivity contribution is -0.121. The number of carbonyl (C=O) groups is 2. The zero-order valence-corrected chi connectivity index (χ0v) is 20.4. The number of ether oxygens (including phenoxy) is 2. The molecule has 9 nitrogen and oxygen atoms in total. The molecular formula is C26H27N3O6S. The van der Waals surface area contributed by atoms with E-state index in [2.05, 4.69) is 10.6 Å². The summed E-state index contributed by atoms with van der Waals surface area (Å²) in [5.41, 5.74) is 1.05. The van der Waals surface area contributed by atoms with Crippen LogP contribution < -0.4 is 15.4 Å². The third-order valence-electron chi connectivity index (χ3n) is 5.44. The van der Waals surface area contributed by atoms with E-state index in [1.165, 1.54) is 28.6 Å². The lowest BCUT2D eigenvalue weighted by Gasteiger charge is -2.26. The molecule has 2 N–H and O–H groups in total. The van der Waals surface area contributed by atoms with Gasteiger partial charge in [0, 0.05) is 37.3 Å². The number of hydrogen-bond donors (Lipinski definition) is 2. The first-order valence-electron chi connectivity index (χ1n) is 11.5. The van der Waals surface area contributed by atoms with Gasteiger partial charge < -0.3 is 20.1 Å². The minimum atomic E-state index is -3.60. The summed E-state index contributed by atoms with van der Waals surface area (Å²) in [5.74, 6) is 0.713. The Bertz CT molecular complexity index is 1270. The predicted octanol–water partition coefficient (Wildman–Crippen LogP) is 3.86. The highest BCUT2D eigenvalue weighted by molar-refractivity contribution is 7.89. The quantitative estimate of drug-likeness (QED) is 0.453. The Balaban J connectivity index is 1.22. The van der Waals surface area contributed by atoms with Gasteiger partial charge >= 0.3 is 0 Å². The van der Waals surface area contributed by atoms with E-state index in [1.807, 2.05) is 30.3 Å². The van der Waals surface area contributed by atoms with Gasteiger partial charge in [-0.2, -0.15) is 4.31 Å². The van der Waals surface area contributed by atoms with Crippen LogP contribution in [0.2, 0.25) is 0 Å². The Morgan fingerprint density at radius 2 is 1.25 bits per heavy atom. The molecule has 188 valence electrons. The van der Waals surface area contributed by atoms with E-state index >= 15 is 0 Å². The van der Waals surface area contributed by atoms with Crippen LogP contribution in [0.15, 0.2) is 83.8 Å². The normalized spacial score (nSPS) is 14.1. The molecule has 10 heteroatoms. The number of hydrogen-bond acceptors (Lipinski definition) is 6. The van der Waals surface area contributed by atoms with E-state index in [9.17, 15) is 18.0 Å². The first kappa shape index (κ1) is 25.4. The molecule has 1 heterocycles. The molecule has 0 aromatic heterocycles. The molecule has 0 radical (unpaired) electrons. The summed E-state index contributed by atoms with van der Waals surface area (Å²) in [6.07, 6.45) is -0.0214. The van der Waals surface area contributed by atoms with E-state index in [4.69, 9.17) is 9.47 Å². The fraction of sp³-hybridized carbons (Fsp3) is 0.231. The molecule has 4 rings (SSSR count). The van der Waals surface area contributed by atoms with Crippen LogP contribution in [0.3, 0.4) is 0 Å². The monoisotopic (exact) mass is 509 g/mol. The second kappa shape index (κ2) is 11.8. The number of nitrogens with zero attached hydrogens (tertiary/aromatic N) is 1. The van der Waals surface area contributed by atoms with E-state index in [1.54, 1.807) is 24.3 Å². The Morgan fingerprint density at radius 3 is 1.81 bits per heavy atom. The smallest absolute Gasteiger partial charge is 0.243 e. The van der Waals surface area contributed by atoms with Crippen molar-refractivity contribution in [1.29, 1.82) is 0 Å². The summed E-state index contributed by atoms with van der Waals surface area (Å²) in [6.45, 7) is 1.37. The molecule has 1 saturated heterocycles. The van der Waals surface area contributed by atoms with Crippen LogP contribution in [0, 0.1) is 0 Å². The van der Waals surface area contributed by atoms with Gasteiger partial charge in [-0.05, 0) is 60.7 Å². The molecule has 2 amide bonds. The van der Waals surface area contributed by atoms with E-state index in [0.717, 1.165) is 0 Å². The average Bonchev–Trinajstić information content (AvgIpc) is 2.90. The van der Waals surface area contributed by atoms with Crippen molar-refractivity contribution < 1.29 is 27.5 Å². The maximum absolute atomic E-state index is 12.7. The second-order valence-electron chi connectivity index (χ2n) is 8.08. The van der Waals surface area contributed by atoms with E-state index in [-0.39, 0.29) is 29.6 Å². The highest BCUT2D eigenvalue weighted by atomic mass is 32.2. The zero-order valence-electron chi connectivity index (χ0n) is 19.6. The van der Waals surface area contributed by atoms with E-state index in [0.29, 0.717) is 49.2 Å². The van der Waals surface area contributed by atoms with Crippen molar-refractivity contribution in [1.82, 2.24) is 4.31 Å². The Hall–Kier alpha value is -3.73. The summed E-state index contributed by atoms with van der Waals surface area (Å²) in [6, 6.07) is 22.3. The lowest BCUT2D eigenvalue weighted by atomic mass is 10.2. The number of carbonyl (C=O) groups excluding carboxylic acids is 2. The zero-order chi connectivity index (χ0) is 25.4. The largest absolute Gasteiger partial charge is 0.457 e. The maximum Gasteiger partial charge on any atom is 0.243 e.